The highest BCUT2D eigenvalue weighted by Crippen LogP contribution is 2.13. The number of nitrogens with one attached hydrogen (secondary N) is 1. The van der Waals surface area contributed by atoms with Gasteiger partial charge in [-0.3, -0.25) is 4.79 Å². The van der Waals surface area contributed by atoms with Gasteiger partial charge in [-0.15, -0.1) is 11.8 Å². The van der Waals surface area contributed by atoms with Gasteiger partial charge in [-0.1, -0.05) is 43.7 Å². The molecule has 0 aliphatic heterocycles. The maximum atomic E-state index is 12.0. The van der Waals surface area contributed by atoms with Crippen LogP contribution in [0.3, 0.4) is 0 Å². The van der Waals surface area contributed by atoms with E-state index < -0.39 is 0 Å². The van der Waals surface area contributed by atoms with Crippen molar-refractivity contribution in [2.75, 3.05) is 5.75 Å². The third-order valence-electron chi connectivity index (χ3n) is 3.33. The Balaban J connectivity index is 2.23. The Kier molecular flexibility index (Phi) is 8.43. The van der Waals surface area contributed by atoms with E-state index in [9.17, 15) is 4.79 Å². The van der Waals surface area contributed by atoms with E-state index >= 15 is 0 Å². The minimum Gasteiger partial charge on any atom is -0.353 e. The molecule has 0 heterocycles. The molecule has 3 heteroatoms. The number of unbranched alkanes of at least 4 members (excludes halogenated alkanes) is 1. The highest BCUT2D eigenvalue weighted by atomic mass is 32.2. The number of thioether (sulfide) groups is 1. The lowest BCUT2D eigenvalue weighted by molar-refractivity contribution is -0.120. The van der Waals surface area contributed by atoms with E-state index in [1.54, 1.807) is 11.8 Å². The van der Waals surface area contributed by atoms with E-state index in [4.69, 9.17) is 0 Å². The van der Waals surface area contributed by atoms with Gasteiger partial charge in [0, 0.05) is 6.04 Å². The van der Waals surface area contributed by atoms with Gasteiger partial charge < -0.3 is 5.32 Å². The summed E-state index contributed by atoms with van der Waals surface area (Å²) in [4.78, 5) is 12.0. The van der Waals surface area contributed by atoms with Gasteiger partial charge in [-0.25, -0.2) is 0 Å². The smallest absolute Gasteiger partial charge is 0.233 e. The second-order valence-electron chi connectivity index (χ2n) is 5.30. The van der Waals surface area contributed by atoms with Crippen LogP contribution in [0, 0.1) is 0 Å². The van der Waals surface area contributed by atoms with E-state index in [0.717, 1.165) is 18.6 Å². The molecule has 1 N–H and O–H groups in total. The number of hydrogen-bond acceptors (Lipinski definition) is 2. The first kappa shape index (κ1) is 17.1. The molecular formula is C17H27NOS. The van der Waals surface area contributed by atoms with Gasteiger partial charge in [0.1, 0.15) is 0 Å². The Morgan fingerprint density at radius 2 is 1.95 bits per heavy atom. The molecule has 20 heavy (non-hydrogen) atoms. The zero-order valence-corrected chi connectivity index (χ0v) is 13.7. The molecule has 1 aromatic carbocycles. The molecule has 0 aliphatic rings. The molecule has 0 fully saturated rings. The Morgan fingerprint density at radius 3 is 2.60 bits per heavy atom. The van der Waals surface area contributed by atoms with Crippen LogP contribution in [0.15, 0.2) is 30.3 Å². The molecule has 2 atom stereocenters. The van der Waals surface area contributed by atoms with Crippen LogP contribution in [0.5, 0.6) is 0 Å². The van der Waals surface area contributed by atoms with Gasteiger partial charge in [0.2, 0.25) is 5.91 Å². The maximum Gasteiger partial charge on any atom is 0.233 e. The fraction of sp³-hybridized carbons (Fsp3) is 0.588. The average molecular weight is 293 g/mol. The summed E-state index contributed by atoms with van der Waals surface area (Å²) < 4.78 is 0. The number of aryl methyl sites for hydroxylation is 1. The summed E-state index contributed by atoms with van der Waals surface area (Å²) in [5, 5.41) is 3.17. The van der Waals surface area contributed by atoms with Crippen molar-refractivity contribution in [3.05, 3.63) is 35.9 Å². The lowest BCUT2D eigenvalue weighted by Crippen LogP contribution is -2.38. The van der Waals surface area contributed by atoms with Gasteiger partial charge in [0.25, 0.3) is 0 Å². The van der Waals surface area contributed by atoms with Crippen molar-refractivity contribution in [2.24, 2.45) is 0 Å². The van der Waals surface area contributed by atoms with Gasteiger partial charge in [-0.2, -0.15) is 0 Å². The first-order valence-electron chi connectivity index (χ1n) is 7.59. The number of hydrogen-bond donors (Lipinski definition) is 1. The second-order valence-corrected chi connectivity index (χ2v) is 6.75. The quantitative estimate of drug-likeness (QED) is 0.696. The molecule has 0 aliphatic carbocycles. The Labute approximate surface area is 127 Å². The minimum atomic E-state index is 0.0562. The van der Waals surface area contributed by atoms with Crippen molar-refractivity contribution < 1.29 is 4.79 Å². The van der Waals surface area contributed by atoms with Gasteiger partial charge in [0.05, 0.1) is 5.25 Å². The zero-order valence-electron chi connectivity index (χ0n) is 12.9. The Morgan fingerprint density at radius 1 is 1.25 bits per heavy atom. The van der Waals surface area contributed by atoms with Gasteiger partial charge in [-0.05, 0) is 44.4 Å². The molecule has 2 nitrogen and oxygen atoms in total. The van der Waals surface area contributed by atoms with E-state index in [0.29, 0.717) is 0 Å². The van der Waals surface area contributed by atoms with Gasteiger partial charge >= 0.3 is 0 Å². The average Bonchev–Trinajstić information content (AvgIpc) is 2.46. The van der Waals surface area contributed by atoms with E-state index in [-0.39, 0.29) is 17.2 Å². The summed E-state index contributed by atoms with van der Waals surface area (Å²) in [6.07, 6.45) is 4.38. The largest absolute Gasteiger partial charge is 0.353 e. The summed E-state index contributed by atoms with van der Waals surface area (Å²) in [6, 6.07) is 10.7. The van der Waals surface area contributed by atoms with E-state index in [2.05, 4.69) is 43.4 Å². The molecule has 0 spiro atoms. The predicted molar refractivity (Wildman–Crippen MR) is 89.2 cm³/mol. The highest BCUT2D eigenvalue weighted by Gasteiger charge is 2.15. The van der Waals surface area contributed by atoms with Crippen LogP contribution >= 0.6 is 11.8 Å². The fourth-order valence-corrected chi connectivity index (χ4v) is 2.97. The number of rotatable bonds is 9. The lowest BCUT2D eigenvalue weighted by atomic mass is 10.1. The first-order chi connectivity index (χ1) is 9.63. The molecule has 0 aromatic heterocycles. The van der Waals surface area contributed by atoms with Crippen molar-refractivity contribution in [1.29, 1.82) is 0 Å². The summed E-state index contributed by atoms with van der Waals surface area (Å²) >= 11 is 1.75. The second kappa shape index (κ2) is 9.87. The molecule has 0 saturated heterocycles. The van der Waals surface area contributed by atoms with Crippen LogP contribution in [0.2, 0.25) is 0 Å². The molecule has 1 aromatic rings. The van der Waals surface area contributed by atoms with E-state index in [1.807, 2.05) is 13.0 Å². The molecule has 0 saturated carbocycles. The van der Waals surface area contributed by atoms with Crippen molar-refractivity contribution >= 4 is 17.7 Å². The third kappa shape index (κ3) is 6.99. The molecule has 1 amide bonds. The lowest BCUT2D eigenvalue weighted by Gasteiger charge is -2.17. The first-order valence-corrected chi connectivity index (χ1v) is 8.64. The van der Waals surface area contributed by atoms with Crippen LogP contribution < -0.4 is 5.32 Å². The molecule has 1 rings (SSSR count). The standard InChI is InChI=1S/C17H27NOS/c1-4-5-13-20-15(3)17(19)18-14(2)11-12-16-9-7-6-8-10-16/h6-10,14-15H,4-5,11-13H2,1-3H3,(H,18,19)/t14-,15-/m1/s1. The van der Waals surface area contributed by atoms with Crippen molar-refractivity contribution in [2.45, 2.75) is 57.7 Å². The summed E-state index contributed by atoms with van der Waals surface area (Å²) in [6.45, 7) is 6.26. The zero-order chi connectivity index (χ0) is 14.8. The monoisotopic (exact) mass is 293 g/mol. The molecule has 0 radical (unpaired) electrons. The van der Waals surface area contributed by atoms with Gasteiger partial charge in [0.15, 0.2) is 0 Å². The topological polar surface area (TPSA) is 29.1 Å². The van der Waals surface area contributed by atoms with Crippen molar-refractivity contribution in [3.63, 3.8) is 0 Å². The van der Waals surface area contributed by atoms with Crippen LogP contribution in [-0.4, -0.2) is 23.0 Å². The summed E-state index contributed by atoms with van der Waals surface area (Å²) in [7, 11) is 0. The number of benzene rings is 1. The maximum absolute atomic E-state index is 12.0. The normalized spacial score (nSPS) is 13.8. The molecule has 0 unspecified atom stereocenters. The Bertz CT molecular complexity index is 380. The fourth-order valence-electron chi connectivity index (χ4n) is 1.94. The number of carbonyl (C=O) groups is 1. The van der Waals surface area contributed by atoms with Crippen molar-refractivity contribution in [3.8, 4) is 0 Å². The predicted octanol–water partition coefficient (Wildman–Crippen LogP) is 4.05. The summed E-state index contributed by atoms with van der Waals surface area (Å²) in [5.74, 6) is 1.25. The SMILES string of the molecule is CCCCS[C@H](C)C(=O)N[C@H](C)CCc1ccccc1. The van der Waals surface area contributed by atoms with E-state index in [1.165, 1.54) is 18.4 Å². The van der Waals surface area contributed by atoms with Crippen LogP contribution in [0.4, 0.5) is 0 Å². The Hall–Kier alpha value is -0.960. The third-order valence-corrected chi connectivity index (χ3v) is 4.57. The molecule has 0 bridgehead atoms. The minimum absolute atomic E-state index is 0.0562. The number of amides is 1. The van der Waals surface area contributed by atoms with Crippen LogP contribution in [0.25, 0.3) is 0 Å². The highest BCUT2D eigenvalue weighted by molar-refractivity contribution is 8.00. The number of carbonyl (C=O) groups excluding carboxylic acids is 1. The molecule has 112 valence electrons. The molecular weight excluding hydrogens is 266 g/mol. The van der Waals surface area contributed by atoms with Crippen LogP contribution in [0.1, 0.15) is 45.6 Å². The van der Waals surface area contributed by atoms with Crippen molar-refractivity contribution in [1.82, 2.24) is 5.32 Å². The van der Waals surface area contributed by atoms with Crippen LogP contribution in [-0.2, 0) is 11.2 Å². The summed E-state index contributed by atoms with van der Waals surface area (Å²) in [5.41, 5.74) is 1.33.